The van der Waals surface area contributed by atoms with Crippen LogP contribution in [0.3, 0.4) is 0 Å². The minimum atomic E-state index is -3.77. The number of benzene rings is 1. The number of non-ortho nitro benzene ring substituents is 1. The Labute approximate surface area is 122 Å². The van der Waals surface area contributed by atoms with Gasteiger partial charge >= 0.3 is 0 Å². The predicted octanol–water partition coefficient (Wildman–Crippen LogP) is 0.715. The van der Waals surface area contributed by atoms with Crippen molar-refractivity contribution >= 4 is 15.7 Å². The smallest absolute Gasteiger partial charge is 0.273 e. The van der Waals surface area contributed by atoms with Crippen LogP contribution in [0.5, 0.6) is 5.75 Å². The standard InChI is InChI=1S/C12H17N3O5S/c1-20-11-7-10(15(16)17)4-5-12(11)21(18,19)14-6-2-3-9(13)8-14/h4-5,7,9H,2-3,6,8,13H2,1H3/t9-/m1/s1. The molecule has 21 heavy (non-hydrogen) atoms. The second kappa shape index (κ2) is 5.96. The fraction of sp³-hybridized carbons (Fsp3) is 0.500. The second-order valence-electron chi connectivity index (χ2n) is 4.86. The van der Waals surface area contributed by atoms with Crippen LogP contribution in [0.15, 0.2) is 23.1 Å². The monoisotopic (exact) mass is 315 g/mol. The van der Waals surface area contributed by atoms with E-state index in [1.54, 1.807) is 0 Å². The minimum Gasteiger partial charge on any atom is -0.495 e. The number of hydrogen-bond acceptors (Lipinski definition) is 6. The largest absolute Gasteiger partial charge is 0.495 e. The van der Waals surface area contributed by atoms with Crippen molar-refractivity contribution in [2.24, 2.45) is 5.73 Å². The molecule has 1 saturated heterocycles. The molecule has 0 unspecified atom stereocenters. The highest BCUT2D eigenvalue weighted by Gasteiger charge is 2.31. The van der Waals surface area contributed by atoms with Gasteiger partial charge in [0.2, 0.25) is 10.0 Å². The number of nitrogens with zero attached hydrogens (tertiary/aromatic N) is 2. The Balaban J connectivity index is 2.42. The van der Waals surface area contributed by atoms with Gasteiger partial charge < -0.3 is 10.5 Å². The number of nitrogens with two attached hydrogens (primary N) is 1. The van der Waals surface area contributed by atoms with Crippen LogP contribution in [0.25, 0.3) is 0 Å². The van der Waals surface area contributed by atoms with Crippen molar-refractivity contribution in [3.05, 3.63) is 28.3 Å². The van der Waals surface area contributed by atoms with E-state index in [1.807, 2.05) is 0 Å². The number of ether oxygens (including phenoxy) is 1. The van der Waals surface area contributed by atoms with Crippen molar-refractivity contribution in [1.82, 2.24) is 4.31 Å². The van der Waals surface area contributed by atoms with E-state index < -0.39 is 14.9 Å². The fourth-order valence-corrected chi connectivity index (χ4v) is 3.99. The quantitative estimate of drug-likeness (QED) is 0.646. The van der Waals surface area contributed by atoms with E-state index in [9.17, 15) is 18.5 Å². The van der Waals surface area contributed by atoms with Gasteiger partial charge in [0.25, 0.3) is 5.69 Å². The summed E-state index contributed by atoms with van der Waals surface area (Å²) >= 11 is 0. The van der Waals surface area contributed by atoms with E-state index in [4.69, 9.17) is 10.5 Å². The molecule has 1 aliphatic heterocycles. The van der Waals surface area contributed by atoms with Crippen LogP contribution in [-0.4, -0.2) is 43.9 Å². The number of nitro benzene ring substituents is 1. The average molecular weight is 315 g/mol. The summed E-state index contributed by atoms with van der Waals surface area (Å²) < 4.78 is 31.5. The van der Waals surface area contributed by atoms with E-state index >= 15 is 0 Å². The molecule has 9 heteroatoms. The van der Waals surface area contributed by atoms with Gasteiger partial charge in [-0.3, -0.25) is 10.1 Å². The molecule has 1 aromatic rings. The first kappa shape index (κ1) is 15.7. The molecular weight excluding hydrogens is 298 g/mol. The van der Waals surface area contributed by atoms with E-state index in [2.05, 4.69) is 0 Å². The number of piperidine rings is 1. The highest BCUT2D eigenvalue weighted by Crippen LogP contribution is 2.31. The summed E-state index contributed by atoms with van der Waals surface area (Å²) in [6, 6.07) is 3.26. The third-order valence-corrected chi connectivity index (χ3v) is 5.30. The molecule has 0 bridgehead atoms. The maximum Gasteiger partial charge on any atom is 0.273 e. The molecule has 0 spiro atoms. The van der Waals surface area contributed by atoms with E-state index in [0.717, 1.165) is 18.6 Å². The van der Waals surface area contributed by atoms with Crippen molar-refractivity contribution in [3.63, 3.8) is 0 Å². The summed E-state index contributed by atoms with van der Waals surface area (Å²) in [5.41, 5.74) is 5.59. The van der Waals surface area contributed by atoms with Crippen molar-refractivity contribution in [2.75, 3.05) is 20.2 Å². The fourth-order valence-electron chi connectivity index (χ4n) is 2.31. The highest BCUT2D eigenvalue weighted by atomic mass is 32.2. The molecule has 1 aromatic carbocycles. The zero-order valence-corrected chi connectivity index (χ0v) is 12.4. The first-order valence-electron chi connectivity index (χ1n) is 6.44. The lowest BCUT2D eigenvalue weighted by Gasteiger charge is -2.30. The molecule has 1 aliphatic rings. The lowest BCUT2D eigenvalue weighted by atomic mass is 10.1. The molecule has 1 atom stereocenters. The van der Waals surface area contributed by atoms with Crippen LogP contribution in [0.1, 0.15) is 12.8 Å². The van der Waals surface area contributed by atoms with Crippen LogP contribution >= 0.6 is 0 Å². The van der Waals surface area contributed by atoms with E-state index in [-0.39, 0.29) is 28.9 Å². The zero-order chi connectivity index (χ0) is 15.6. The number of rotatable bonds is 4. The summed E-state index contributed by atoms with van der Waals surface area (Å²) in [6.07, 6.45) is 1.47. The van der Waals surface area contributed by atoms with Gasteiger partial charge in [-0.15, -0.1) is 0 Å². The minimum absolute atomic E-state index is 0.0386. The van der Waals surface area contributed by atoms with Crippen molar-refractivity contribution in [3.8, 4) is 5.75 Å². The molecule has 0 aliphatic carbocycles. The van der Waals surface area contributed by atoms with Crippen LogP contribution < -0.4 is 10.5 Å². The lowest BCUT2D eigenvalue weighted by molar-refractivity contribution is -0.385. The Morgan fingerprint density at radius 2 is 2.19 bits per heavy atom. The first-order valence-corrected chi connectivity index (χ1v) is 7.88. The molecule has 1 heterocycles. The maximum absolute atomic E-state index is 12.6. The van der Waals surface area contributed by atoms with Crippen LogP contribution in [0.2, 0.25) is 0 Å². The van der Waals surface area contributed by atoms with Crippen molar-refractivity contribution < 1.29 is 18.1 Å². The number of sulfonamides is 1. The number of nitro groups is 1. The lowest BCUT2D eigenvalue weighted by Crippen LogP contribution is -2.45. The van der Waals surface area contributed by atoms with Gasteiger partial charge in [-0.05, 0) is 18.9 Å². The highest BCUT2D eigenvalue weighted by molar-refractivity contribution is 7.89. The van der Waals surface area contributed by atoms with Crippen LogP contribution in [0.4, 0.5) is 5.69 Å². The third kappa shape index (κ3) is 3.14. The molecule has 0 radical (unpaired) electrons. The summed E-state index contributed by atoms with van der Waals surface area (Å²) in [5.74, 6) is -0.0386. The van der Waals surface area contributed by atoms with Crippen LogP contribution in [-0.2, 0) is 10.0 Å². The molecule has 0 amide bonds. The maximum atomic E-state index is 12.6. The Morgan fingerprint density at radius 3 is 2.76 bits per heavy atom. The molecule has 2 N–H and O–H groups in total. The van der Waals surface area contributed by atoms with Gasteiger partial charge in [0.05, 0.1) is 18.1 Å². The average Bonchev–Trinajstić information content (AvgIpc) is 2.46. The molecule has 0 aromatic heterocycles. The third-order valence-electron chi connectivity index (χ3n) is 3.40. The zero-order valence-electron chi connectivity index (χ0n) is 11.6. The van der Waals surface area contributed by atoms with Gasteiger partial charge in [-0.1, -0.05) is 0 Å². The molecule has 8 nitrogen and oxygen atoms in total. The normalized spacial score (nSPS) is 20.2. The Kier molecular flexibility index (Phi) is 4.45. The number of methoxy groups -OCH3 is 1. The van der Waals surface area contributed by atoms with Crippen molar-refractivity contribution in [2.45, 2.75) is 23.8 Å². The molecular formula is C12H17N3O5S. The Hall–Kier alpha value is -1.71. The molecule has 1 fully saturated rings. The van der Waals surface area contributed by atoms with Gasteiger partial charge in [0.1, 0.15) is 10.6 Å². The second-order valence-corrected chi connectivity index (χ2v) is 6.76. The predicted molar refractivity (Wildman–Crippen MR) is 75.6 cm³/mol. The number of hydrogen-bond donors (Lipinski definition) is 1. The topological polar surface area (TPSA) is 116 Å². The van der Waals surface area contributed by atoms with Crippen LogP contribution in [0, 0.1) is 10.1 Å². The van der Waals surface area contributed by atoms with E-state index in [1.165, 1.54) is 17.5 Å². The van der Waals surface area contributed by atoms with Gasteiger partial charge in [-0.25, -0.2) is 8.42 Å². The first-order chi connectivity index (χ1) is 9.86. The van der Waals surface area contributed by atoms with E-state index in [0.29, 0.717) is 13.0 Å². The molecule has 0 saturated carbocycles. The Bertz CT molecular complexity index is 646. The summed E-state index contributed by atoms with van der Waals surface area (Å²) in [5, 5.41) is 10.7. The van der Waals surface area contributed by atoms with Gasteiger partial charge in [0, 0.05) is 25.2 Å². The van der Waals surface area contributed by atoms with Crippen molar-refractivity contribution in [1.29, 1.82) is 0 Å². The molecule has 116 valence electrons. The Morgan fingerprint density at radius 1 is 1.48 bits per heavy atom. The van der Waals surface area contributed by atoms with Gasteiger partial charge in [0.15, 0.2) is 0 Å². The summed E-state index contributed by atoms with van der Waals surface area (Å²) in [7, 11) is -2.50. The molecule has 2 rings (SSSR count). The summed E-state index contributed by atoms with van der Waals surface area (Å²) in [4.78, 5) is 10.1. The van der Waals surface area contributed by atoms with Gasteiger partial charge in [-0.2, -0.15) is 4.31 Å². The summed E-state index contributed by atoms with van der Waals surface area (Å²) in [6.45, 7) is 0.624. The SMILES string of the molecule is COc1cc([N+](=O)[O-])ccc1S(=O)(=O)N1CCC[C@@H](N)C1.